The van der Waals surface area contributed by atoms with E-state index in [0.29, 0.717) is 32.6 Å². The number of rotatable bonds is 5. The molecule has 0 radical (unpaired) electrons. The molecule has 0 bridgehead atoms. The standard InChI is InChI=1S/C21H28FN3O3/c1-15(2)18-13-24(21(28)14-23-10-3-4-19(23)26)11-9-20(27)25(18)12-16-5-7-17(22)8-6-16/h5-8,15,18H,3-4,9-14H2,1-2H3/t18-/m1/s1. The fourth-order valence-corrected chi connectivity index (χ4v) is 3.90. The fraction of sp³-hybridized carbons (Fsp3) is 0.571. The van der Waals surface area contributed by atoms with Gasteiger partial charge < -0.3 is 14.7 Å². The highest BCUT2D eigenvalue weighted by atomic mass is 19.1. The van der Waals surface area contributed by atoms with Crippen LogP contribution in [0, 0.1) is 11.7 Å². The first-order valence-electron chi connectivity index (χ1n) is 9.94. The highest BCUT2D eigenvalue weighted by molar-refractivity contribution is 5.86. The second-order valence-electron chi connectivity index (χ2n) is 7.97. The first-order chi connectivity index (χ1) is 13.3. The lowest BCUT2D eigenvalue weighted by Gasteiger charge is -2.35. The van der Waals surface area contributed by atoms with Crippen molar-refractivity contribution in [2.24, 2.45) is 5.92 Å². The van der Waals surface area contributed by atoms with Crippen LogP contribution in [0.1, 0.15) is 38.7 Å². The Kier molecular flexibility index (Phi) is 6.31. The van der Waals surface area contributed by atoms with Crippen molar-refractivity contribution < 1.29 is 18.8 Å². The van der Waals surface area contributed by atoms with Crippen molar-refractivity contribution in [3.05, 3.63) is 35.6 Å². The molecule has 2 fully saturated rings. The maximum Gasteiger partial charge on any atom is 0.242 e. The molecule has 1 atom stereocenters. The van der Waals surface area contributed by atoms with Gasteiger partial charge >= 0.3 is 0 Å². The number of benzene rings is 1. The smallest absolute Gasteiger partial charge is 0.242 e. The molecule has 3 rings (SSSR count). The van der Waals surface area contributed by atoms with E-state index in [1.807, 2.05) is 18.7 Å². The Morgan fingerprint density at radius 3 is 2.43 bits per heavy atom. The van der Waals surface area contributed by atoms with Crippen LogP contribution in [0.2, 0.25) is 0 Å². The molecule has 6 nitrogen and oxygen atoms in total. The van der Waals surface area contributed by atoms with Crippen molar-refractivity contribution in [2.75, 3.05) is 26.2 Å². The first kappa shape index (κ1) is 20.3. The Balaban J connectivity index is 1.72. The molecule has 2 saturated heterocycles. The number of amides is 3. The van der Waals surface area contributed by atoms with Crippen LogP contribution in [-0.2, 0) is 20.9 Å². The van der Waals surface area contributed by atoms with Crippen LogP contribution in [0.3, 0.4) is 0 Å². The predicted octanol–water partition coefficient (Wildman–Crippen LogP) is 2.03. The van der Waals surface area contributed by atoms with Gasteiger partial charge in [0.05, 0.1) is 12.6 Å². The quantitative estimate of drug-likeness (QED) is 0.774. The second kappa shape index (κ2) is 8.71. The van der Waals surface area contributed by atoms with E-state index < -0.39 is 0 Å². The lowest BCUT2D eigenvalue weighted by Crippen LogP contribution is -2.48. The number of hydrogen-bond donors (Lipinski definition) is 0. The summed E-state index contributed by atoms with van der Waals surface area (Å²) in [4.78, 5) is 42.6. The summed E-state index contributed by atoms with van der Waals surface area (Å²) in [6.07, 6.45) is 1.56. The summed E-state index contributed by atoms with van der Waals surface area (Å²) in [7, 11) is 0. The van der Waals surface area contributed by atoms with Gasteiger partial charge in [0, 0.05) is 39.0 Å². The third kappa shape index (κ3) is 4.69. The van der Waals surface area contributed by atoms with Crippen molar-refractivity contribution in [1.29, 1.82) is 0 Å². The number of hydrogen-bond acceptors (Lipinski definition) is 3. The average Bonchev–Trinajstić information content (AvgIpc) is 2.97. The number of likely N-dealkylation sites (tertiary alicyclic amines) is 1. The predicted molar refractivity (Wildman–Crippen MR) is 103 cm³/mol. The normalized spacial score (nSPS) is 20.9. The second-order valence-corrected chi connectivity index (χ2v) is 7.97. The van der Waals surface area contributed by atoms with Crippen LogP contribution < -0.4 is 0 Å². The highest BCUT2D eigenvalue weighted by Gasteiger charge is 2.34. The summed E-state index contributed by atoms with van der Waals surface area (Å²) >= 11 is 0. The summed E-state index contributed by atoms with van der Waals surface area (Å²) in [5.41, 5.74) is 0.864. The van der Waals surface area contributed by atoms with Gasteiger partial charge in [0.2, 0.25) is 17.7 Å². The van der Waals surface area contributed by atoms with E-state index in [1.54, 1.807) is 21.9 Å². The highest BCUT2D eigenvalue weighted by Crippen LogP contribution is 2.22. The van der Waals surface area contributed by atoms with Gasteiger partial charge in [-0.2, -0.15) is 0 Å². The topological polar surface area (TPSA) is 60.9 Å². The van der Waals surface area contributed by atoms with E-state index in [9.17, 15) is 18.8 Å². The van der Waals surface area contributed by atoms with Gasteiger partial charge in [-0.3, -0.25) is 14.4 Å². The van der Waals surface area contributed by atoms with Gasteiger partial charge in [-0.25, -0.2) is 4.39 Å². The SMILES string of the molecule is CC(C)[C@H]1CN(C(=O)CN2CCCC2=O)CCC(=O)N1Cc1ccc(F)cc1. The number of nitrogens with zero attached hydrogens (tertiary/aromatic N) is 3. The Morgan fingerprint density at radius 1 is 1.11 bits per heavy atom. The van der Waals surface area contributed by atoms with Crippen molar-refractivity contribution in [3.8, 4) is 0 Å². The van der Waals surface area contributed by atoms with Gasteiger partial charge in [-0.05, 0) is 30.0 Å². The largest absolute Gasteiger partial charge is 0.339 e. The molecule has 0 spiro atoms. The molecule has 0 aliphatic carbocycles. The van der Waals surface area contributed by atoms with E-state index in [2.05, 4.69) is 0 Å². The molecular weight excluding hydrogens is 361 g/mol. The zero-order chi connectivity index (χ0) is 20.3. The molecule has 0 aromatic heterocycles. The van der Waals surface area contributed by atoms with Crippen LogP contribution in [0.4, 0.5) is 4.39 Å². The molecule has 1 aromatic rings. The van der Waals surface area contributed by atoms with Gasteiger partial charge in [-0.1, -0.05) is 26.0 Å². The lowest BCUT2D eigenvalue weighted by molar-refractivity contribution is -0.138. The molecule has 152 valence electrons. The Hall–Kier alpha value is -2.44. The van der Waals surface area contributed by atoms with E-state index in [4.69, 9.17) is 0 Å². The summed E-state index contributed by atoms with van der Waals surface area (Å²) in [6, 6.07) is 6.04. The van der Waals surface area contributed by atoms with E-state index >= 15 is 0 Å². The van der Waals surface area contributed by atoms with Gasteiger partial charge in [0.15, 0.2) is 0 Å². The molecule has 2 heterocycles. The van der Waals surface area contributed by atoms with E-state index in [-0.39, 0.29) is 48.5 Å². The molecule has 0 unspecified atom stereocenters. The summed E-state index contributed by atoms with van der Waals surface area (Å²) in [5, 5.41) is 0. The van der Waals surface area contributed by atoms with Gasteiger partial charge in [-0.15, -0.1) is 0 Å². The van der Waals surface area contributed by atoms with E-state index in [1.165, 1.54) is 12.1 Å². The summed E-state index contributed by atoms with van der Waals surface area (Å²) in [5.74, 6) is -0.226. The van der Waals surface area contributed by atoms with Crippen molar-refractivity contribution in [3.63, 3.8) is 0 Å². The minimum Gasteiger partial charge on any atom is -0.339 e. The van der Waals surface area contributed by atoms with Crippen LogP contribution >= 0.6 is 0 Å². The molecule has 7 heteroatoms. The van der Waals surface area contributed by atoms with Crippen LogP contribution in [0.15, 0.2) is 24.3 Å². The summed E-state index contributed by atoms with van der Waals surface area (Å²) in [6.45, 7) is 6.00. The molecule has 2 aliphatic rings. The third-order valence-electron chi connectivity index (χ3n) is 5.61. The maximum absolute atomic E-state index is 13.2. The zero-order valence-corrected chi connectivity index (χ0v) is 16.6. The Labute approximate surface area is 165 Å². The van der Waals surface area contributed by atoms with E-state index in [0.717, 1.165) is 12.0 Å². The Morgan fingerprint density at radius 2 is 1.82 bits per heavy atom. The monoisotopic (exact) mass is 389 g/mol. The van der Waals surface area contributed by atoms with Gasteiger partial charge in [0.1, 0.15) is 5.82 Å². The maximum atomic E-state index is 13.2. The van der Waals surface area contributed by atoms with Crippen molar-refractivity contribution in [1.82, 2.24) is 14.7 Å². The molecule has 1 aromatic carbocycles. The lowest BCUT2D eigenvalue weighted by atomic mass is 10.0. The van der Waals surface area contributed by atoms with Crippen molar-refractivity contribution >= 4 is 17.7 Å². The number of halogens is 1. The molecular formula is C21H28FN3O3. The Bertz CT molecular complexity index is 735. The molecule has 3 amide bonds. The number of carbonyl (C=O) groups excluding carboxylic acids is 3. The molecule has 0 N–H and O–H groups in total. The van der Waals surface area contributed by atoms with Crippen LogP contribution in [0.5, 0.6) is 0 Å². The fourth-order valence-electron chi connectivity index (χ4n) is 3.90. The summed E-state index contributed by atoms with van der Waals surface area (Å²) < 4.78 is 13.2. The number of carbonyl (C=O) groups is 3. The van der Waals surface area contributed by atoms with Gasteiger partial charge in [0.25, 0.3) is 0 Å². The third-order valence-corrected chi connectivity index (χ3v) is 5.61. The minimum atomic E-state index is -0.306. The minimum absolute atomic E-state index is 0.00410. The zero-order valence-electron chi connectivity index (χ0n) is 16.6. The molecule has 28 heavy (non-hydrogen) atoms. The van der Waals surface area contributed by atoms with Crippen LogP contribution in [0.25, 0.3) is 0 Å². The van der Waals surface area contributed by atoms with Crippen molar-refractivity contribution in [2.45, 2.75) is 45.7 Å². The van der Waals surface area contributed by atoms with Crippen LogP contribution in [-0.4, -0.2) is 64.6 Å². The molecule has 0 saturated carbocycles. The first-order valence-corrected chi connectivity index (χ1v) is 9.94. The molecule has 2 aliphatic heterocycles. The average molecular weight is 389 g/mol.